The van der Waals surface area contributed by atoms with Crippen molar-refractivity contribution in [2.75, 3.05) is 18.4 Å². The minimum atomic E-state index is -3.69. The highest BCUT2D eigenvalue weighted by atomic mass is 35.5. The highest BCUT2D eigenvalue weighted by molar-refractivity contribution is 7.89. The third kappa shape index (κ3) is 3.91. The summed E-state index contributed by atoms with van der Waals surface area (Å²) in [5, 5.41) is 18.2. The van der Waals surface area contributed by atoms with Crippen molar-refractivity contribution in [1.29, 1.82) is 0 Å². The zero-order valence-corrected chi connectivity index (χ0v) is 18.2. The molecule has 2 aromatic carbocycles. The first-order valence-electron chi connectivity index (χ1n) is 10.3. The average molecular weight is 465 g/mol. The fraction of sp³-hybridized carbons (Fsp3) is 0.381. The van der Waals surface area contributed by atoms with Crippen LogP contribution in [0.4, 0.5) is 15.9 Å². The molecule has 0 spiro atoms. The van der Waals surface area contributed by atoms with Gasteiger partial charge in [0.1, 0.15) is 5.82 Å². The molecule has 1 aromatic heterocycles. The van der Waals surface area contributed by atoms with Gasteiger partial charge >= 0.3 is 0 Å². The molecule has 5 rings (SSSR count). The molecule has 2 heterocycles. The van der Waals surface area contributed by atoms with Crippen LogP contribution in [0.25, 0.3) is 10.9 Å². The van der Waals surface area contributed by atoms with E-state index in [1.807, 2.05) is 4.68 Å². The zero-order chi connectivity index (χ0) is 21.8. The van der Waals surface area contributed by atoms with Gasteiger partial charge in [-0.3, -0.25) is 4.68 Å². The summed E-state index contributed by atoms with van der Waals surface area (Å²) in [4.78, 5) is 0.187. The zero-order valence-electron chi connectivity index (χ0n) is 16.6. The molecule has 2 aliphatic rings. The summed E-state index contributed by atoms with van der Waals surface area (Å²) in [5.41, 5.74) is 1.40. The molecule has 10 heteroatoms. The third-order valence-corrected chi connectivity index (χ3v) is 8.00. The van der Waals surface area contributed by atoms with Gasteiger partial charge in [-0.05, 0) is 62.1 Å². The lowest BCUT2D eigenvalue weighted by Crippen LogP contribution is -2.39. The van der Waals surface area contributed by atoms with Crippen LogP contribution >= 0.6 is 11.6 Å². The van der Waals surface area contributed by atoms with Crippen molar-refractivity contribution >= 4 is 44.0 Å². The molecule has 3 aromatic rings. The summed E-state index contributed by atoms with van der Waals surface area (Å²) in [6, 6.07) is 9.62. The second-order valence-electron chi connectivity index (χ2n) is 8.09. The van der Waals surface area contributed by atoms with Crippen molar-refractivity contribution in [3.8, 4) is 0 Å². The molecular formula is C21H22ClFN4O3S. The van der Waals surface area contributed by atoms with Crippen molar-refractivity contribution in [2.24, 2.45) is 0 Å². The summed E-state index contributed by atoms with van der Waals surface area (Å²) in [6.07, 6.45) is 2.45. The topological polar surface area (TPSA) is 87.5 Å². The van der Waals surface area contributed by atoms with Crippen LogP contribution in [-0.2, 0) is 10.0 Å². The van der Waals surface area contributed by atoms with E-state index in [0.717, 1.165) is 18.4 Å². The van der Waals surface area contributed by atoms with Crippen molar-refractivity contribution in [2.45, 2.75) is 42.7 Å². The van der Waals surface area contributed by atoms with E-state index in [9.17, 15) is 17.9 Å². The molecule has 0 amide bonds. The number of anilines is 2. The number of fused-ring (bicyclic) bond motifs is 1. The highest BCUT2D eigenvalue weighted by Gasteiger charge is 2.31. The SMILES string of the molecule is O=S(=O)(c1ccc2c(c1)c(Nc1ccc(F)c(Cl)c1)nn2C1CC1)N1CCC(O)CC1. The minimum Gasteiger partial charge on any atom is -0.393 e. The number of sulfonamides is 1. The number of benzene rings is 2. The van der Waals surface area contributed by atoms with Crippen molar-refractivity contribution in [3.05, 3.63) is 47.2 Å². The lowest BCUT2D eigenvalue weighted by atomic mass is 10.1. The molecule has 0 atom stereocenters. The van der Waals surface area contributed by atoms with E-state index in [0.29, 0.717) is 48.9 Å². The Morgan fingerprint density at radius 1 is 1.10 bits per heavy atom. The Hall–Kier alpha value is -2.20. The van der Waals surface area contributed by atoms with Crippen molar-refractivity contribution < 1.29 is 17.9 Å². The Labute approximate surface area is 184 Å². The van der Waals surface area contributed by atoms with Gasteiger partial charge in [0.2, 0.25) is 10.0 Å². The second kappa shape index (κ2) is 7.74. The number of halogens is 2. The molecular weight excluding hydrogens is 443 g/mol. The van der Waals surface area contributed by atoms with Crippen molar-refractivity contribution in [1.82, 2.24) is 14.1 Å². The summed E-state index contributed by atoms with van der Waals surface area (Å²) >= 11 is 5.90. The molecule has 1 aliphatic carbocycles. The van der Waals surface area contributed by atoms with Crippen LogP contribution in [0.5, 0.6) is 0 Å². The Balaban J connectivity index is 1.55. The van der Waals surface area contributed by atoms with E-state index in [1.165, 1.54) is 16.4 Å². The molecule has 0 unspecified atom stereocenters. The maximum Gasteiger partial charge on any atom is 0.243 e. The van der Waals surface area contributed by atoms with E-state index in [4.69, 9.17) is 11.6 Å². The monoisotopic (exact) mass is 464 g/mol. The molecule has 7 nitrogen and oxygen atoms in total. The molecule has 0 radical (unpaired) electrons. The number of hydrogen-bond acceptors (Lipinski definition) is 5. The van der Waals surface area contributed by atoms with Crippen LogP contribution < -0.4 is 5.32 Å². The number of aromatic nitrogens is 2. The quantitative estimate of drug-likeness (QED) is 0.594. The first-order chi connectivity index (χ1) is 14.8. The normalized spacial score (nSPS) is 18.5. The standard InChI is InChI=1S/C21H22ClFN4O3S/c22-18-11-13(1-5-19(18)23)24-21-17-12-16(4-6-20(17)27(25-21)14-2-3-14)31(29,30)26-9-7-15(28)8-10-26/h1,4-6,11-12,14-15,28H,2-3,7-10H2,(H,24,25). The van der Waals surface area contributed by atoms with Gasteiger partial charge in [0.05, 0.1) is 27.6 Å². The van der Waals surface area contributed by atoms with Crippen LogP contribution in [0, 0.1) is 5.82 Å². The van der Waals surface area contributed by atoms with E-state index in [-0.39, 0.29) is 9.92 Å². The van der Waals surface area contributed by atoms with Gasteiger partial charge in [0.25, 0.3) is 0 Å². The largest absolute Gasteiger partial charge is 0.393 e. The Morgan fingerprint density at radius 2 is 1.84 bits per heavy atom. The number of nitrogens with one attached hydrogen (secondary N) is 1. The van der Waals surface area contributed by atoms with Crippen LogP contribution in [0.2, 0.25) is 5.02 Å². The molecule has 2 N–H and O–H groups in total. The predicted molar refractivity (Wildman–Crippen MR) is 117 cm³/mol. The maximum atomic E-state index is 13.5. The van der Waals surface area contributed by atoms with Gasteiger partial charge in [-0.25, -0.2) is 12.8 Å². The Bertz CT molecular complexity index is 1250. The molecule has 1 saturated carbocycles. The van der Waals surface area contributed by atoms with Crippen LogP contribution in [0.15, 0.2) is 41.3 Å². The summed E-state index contributed by atoms with van der Waals surface area (Å²) in [7, 11) is -3.69. The fourth-order valence-electron chi connectivity index (χ4n) is 3.91. The average Bonchev–Trinajstić information content (AvgIpc) is 3.53. The number of aliphatic hydroxyl groups is 1. The van der Waals surface area contributed by atoms with E-state index in [2.05, 4.69) is 10.4 Å². The number of piperidine rings is 1. The molecule has 164 valence electrons. The number of hydrogen-bond donors (Lipinski definition) is 2. The van der Waals surface area contributed by atoms with Gasteiger partial charge in [0.15, 0.2) is 5.82 Å². The van der Waals surface area contributed by atoms with Gasteiger partial charge < -0.3 is 10.4 Å². The van der Waals surface area contributed by atoms with E-state index < -0.39 is 21.9 Å². The van der Waals surface area contributed by atoms with Gasteiger partial charge in [-0.15, -0.1) is 0 Å². The molecule has 1 aliphatic heterocycles. The van der Waals surface area contributed by atoms with E-state index in [1.54, 1.807) is 24.3 Å². The number of nitrogens with zero attached hydrogens (tertiary/aromatic N) is 3. The smallest absolute Gasteiger partial charge is 0.243 e. The summed E-state index contributed by atoms with van der Waals surface area (Å²) in [5.74, 6) is -0.0173. The van der Waals surface area contributed by atoms with Gasteiger partial charge in [-0.1, -0.05) is 11.6 Å². The fourth-order valence-corrected chi connectivity index (χ4v) is 5.59. The third-order valence-electron chi connectivity index (χ3n) is 5.81. The highest BCUT2D eigenvalue weighted by Crippen LogP contribution is 2.40. The molecule has 2 fully saturated rings. The van der Waals surface area contributed by atoms with E-state index >= 15 is 0 Å². The van der Waals surface area contributed by atoms with Gasteiger partial charge in [0, 0.05) is 24.2 Å². The lowest BCUT2D eigenvalue weighted by molar-refractivity contribution is 0.113. The predicted octanol–water partition coefficient (Wildman–Crippen LogP) is 4.05. The Morgan fingerprint density at radius 3 is 2.52 bits per heavy atom. The second-order valence-corrected chi connectivity index (χ2v) is 10.4. The lowest BCUT2D eigenvalue weighted by Gasteiger charge is -2.28. The molecule has 31 heavy (non-hydrogen) atoms. The van der Waals surface area contributed by atoms with Crippen LogP contribution in [-0.4, -0.2) is 46.8 Å². The minimum absolute atomic E-state index is 0.00789. The van der Waals surface area contributed by atoms with Crippen LogP contribution in [0.3, 0.4) is 0 Å². The number of rotatable bonds is 5. The van der Waals surface area contributed by atoms with Gasteiger partial charge in [-0.2, -0.15) is 9.40 Å². The molecule has 0 bridgehead atoms. The Kier molecular flexibility index (Phi) is 5.16. The first kappa shape index (κ1) is 20.7. The summed E-state index contributed by atoms with van der Waals surface area (Å²) < 4.78 is 43.2. The first-order valence-corrected chi connectivity index (χ1v) is 12.1. The molecule has 1 saturated heterocycles. The summed E-state index contributed by atoms with van der Waals surface area (Å²) in [6.45, 7) is 0.587. The van der Waals surface area contributed by atoms with Crippen LogP contribution in [0.1, 0.15) is 31.7 Å². The van der Waals surface area contributed by atoms with Crippen molar-refractivity contribution in [3.63, 3.8) is 0 Å². The number of aliphatic hydroxyl groups excluding tert-OH is 1. The maximum absolute atomic E-state index is 13.5.